The van der Waals surface area contributed by atoms with Crippen LogP contribution in [0.3, 0.4) is 0 Å². The van der Waals surface area contributed by atoms with Gasteiger partial charge in [0.1, 0.15) is 18.0 Å². The number of hydrogen-bond donors (Lipinski definition) is 2. The number of amides is 4. The molecule has 9 nitrogen and oxygen atoms in total. The first-order chi connectivity index (χ1) is 15.9. The van der Waals surface area contributed by atoms with Gasteiger partial charge in [-0.15, -0.1) is 0 Å². The van der Waals surface area contributed by atoms with Crippen LogP contribution in [0.5, 0.6) is 5.75 Å². The van der Waals surface area contributed by atoms with Gasteiger partial charge in [-0.2, -0.15) is 0 Å². The molecule has 0 saturated carbocycles. The monoisotopic (exact) mass is 450 g/mol. The van der Waals surface area contributed by atoms with Crippen LogP contribution in [0.1, 0.15) is 11.1 Å². The average Bonchev–Trinajstić information content (AvgIpc) is 3.08. The Morgan fingerprint density at radius 2 is 1.88 bits per heavy atom. The van der Waals surface area contributed by atoms with E-state index in [0.29, 0.717) is 30.2 Å². The van der Waals surface area contributed by atoms with Gasteiger partial charge in [0.2, 0.25) is 5.91 Å². The van der Waals surface area contributed by atoms with E-state index >= 15 is 0 Å². The van der Waals surface area contributed by atoms with Gasteiger partial charge in [-0.05, 0) is 37.3 Å². The first-order valence-corrected chi connectivity index (χ1v) is 10.7. The molecule has 2 saturated heterocycles. The summed E-state index contributed by atoms with van der Waals surface area (Å²) in [4.78, 5) is 40.6. The van der Waals surface area contributed by atoms with Crippen molar-refractivity contribution in [3.63, 3.8) is 0 Å². The van der Waals surface area contributed by atoms with E-state index in [1.165, 1.54) is 0 Å². The SMILES string of the molecule is COc1cc(N2CCOCC2)ccc1/C=C1\NC(=O)N(CC(=O)Nc2ccc(C)cc2)C1=O. The molecule has 0 spiro atoms. The zero-order valence-corrected chi connectivity index (χ0v) is 18.6. The molecule has 0 unspecified atom stereocenters. The molecule has 2 fully saturated rings. The summed E-state index contributed by atoms with van der Waals surface area (Å²) >= 11 is 0. The highest BCUT2D eigenvalue weighted by Crippen LogP contribution is 2.28. The van der Waals surface area contributed by atoms with E-state index in [0.717, 1.165) is 29.2 Å². The van der Waals surface area contributed by atoms with Crippen LogP contribution >= 0.6 is 0 Å². The van der Waals surface area contributed by atoms with Gasteiger partial charge in [-0.1, -0.05) is 17.7 Å². The van der Waals surface area contributed by atoms with Crippen LogP contribution in [0.15, 0.2) is 48.2 Å². The van der Waals surface area contributed by atoms with Gasteiger partial charge < -0.3 is 25.0 Å². The number of carbonyl (C=O) groups excluding carboxylic acids is 3. The molecule has 0 aliphatic carbocycles. The molecule has 33 heavy (non-hydrogen) atoms. The molecule has 4 amide bonds. The maximum Gasteiger partial charge on any atom is 0.329 e. The van der Waals surface area contributed by atoms with Crippen LogP contribution in [0, 0.1) is 6.92 Å². The number of imide groups is 1. The Kier molecular flexibility index (Phi) is 6.60. The van der Waals surface area contributed by atoms with Crippen LogP contribution in [-0.4, -0.2) is 62.7 Å². The molecule has 2 aliphatic heterocycles. The lowest BCUT2D eigenvalue weighted by Gasteiger charge is -2.29. The predicted octanol–water partition coefficient (Wildman–Crippen LogP) is 2.37. The standard InChI is InChI=1S/C24H26N4O5/c1-16-3-6-18(7-4-16)25-22(29)15-28-23(30)20(26-24(28)31)13-17-5-8-19(14-21(17)32-2)27-9-11-33-12-10-27/h3-8,13-14H,9-12,15H2,1-2H3,(H,25,29)(H,26,31)/b20-13-. The van der Waals surface area contributed by atoms with Crippen molar-refractivity contribution >= 4 is 35.3 Å². The van der Waals surface area contributed by atoms with E-state index < -0.39 is 17.8 Å². The van der Waals surface area contributed by atoms with E-state index in [1.54, 1.807) is 25.3 Å². The van der Waals surface area contributed by atoms with Crippen molar-refractivity contribution in [2.75, 3.05) is 50.2 Å². The van der Waals surface area contributed by atoms with E-state index in [4.69, 9.17) is 9.47 Å². The van der Waals surface area contributed by atoms with Gasteiger partial charge in [0.25, 0.3) is 5.91 Å². The molecule has 172 valence electrons. The third-order valence-electron chi connectivity index (χ3n) is 5.49. The van der Waals surface area contributed by atoms with Gasteiger partial charge in [0.05, 0.1) is 20.3 Å². The van der Waals surface area contributed by atoms with Crippen molar-refractivity contribution in [2.24, 2.45) is 0 Å². The summed E-state index contributed by atoms with van der Waals surface area (Å²) in [5.41, 5.74) is 3.38. The lowest BCUT2D eigenvalue weighted by atomic mass is 10.1. The van der Waals surface area contributed by atoms with Crippen molar-refractivity contribution in [3.8, 4) is 5.75 Å². The summed E-state index contributed by atoms with van der Waals surface area (Å²) in [6.07, 6.45) is 1.56. The molecule has 0 aromatic heterocycles. The van der Waals surface area contributed by atoms with Crippen molar-refractivity contribution < 1.29 is 23.9 Å². The third kappa shape index (κ3) is 5.15. The Morgan fingerprint density at radius 3 is 2.58 bits per heavy atom. The number of anilines is 2. The number of aryl methyl sites for hydroxylation is 1. The minimum atomic E-state index is -0.644. The summed E-state index contributed by atoms with van der Waals surface area (Å²) in [5, 5.41) is 5.24. The summed E-state index contributed by atoms with van der Waals surface area (Å²) < 4.78 is 10.9. The first-order valence-electron chi connectivity index (χ1n) is 10.7. The van der Waals surface area contributed by atoms with E-state index in [-0.39, 0.29) is 12.2 Å². The number of morpholine rings is 1. The molecule has 4 rings (SSSR count). The summed E-state index contributed by atoms with van der Waals surface area (Å²) in [7, 11) is 1.55. The number of rotatable bonds is 6. The van der Waals surface area contributed by atoms with Gasteiger partial charge in [0.15, 0.2) is 0 Å². The smallest absolute Gasteiger partial charge is 0.329 e. The van der Waals surface area contributed by atoms with Gasteiger partial charge >= 0.3 is 6.03 Å². The Hall–Kier alpha value is -3.85. The lowest BCUT2D eigenvalue weighted by Crippen LogP contribution is -2.38. The molecule has 2 aromatic carbocycles. The number of hydrogen-bond acceptors (Lipinski definition) is 6. The van der Waals surface area contributed by atoms with Crippen LogP contribution < -0.4 is 20.3 Å². The maximum atomic E-state index is 12.8. The number of nitrogens with one attached hydrogen (secondary N) is 2. The molecule has 2 heterocycles. The molecule has 9 heteroatoms. The second-order valence-electron chi connectivity index (χ2n) is 7.82. The van der Waals surface area contributed by atoms with E-state index in [1.807, 2.05) is 37.3 Å². The summed E-state index contributed by atoms with van der Waals surface area (Å²) in [6.45, 7) is 4.47. The summed E-state index contributed by atoms with van der Waals surface area (Å²) in [5.74, 6) is -0.460. The molecule has 0 atom stereocenters. The fraction of sp³-hybridized carbons (Fsp3) is 0.292. The third-order valence-corrected chi connectivity index (χ3v) is 5.49. The highest BCUT2D eigenvalue weighted by molar-refractivity contribution is 6.16. The number of urea groups is 1. The van der Waals surface area contributed by atoms with E-state index in [2.05, 4.69) is 15.5 Å². The van der Waals surface area contributed by atoms with Gasteiger partial charge in [-0.25, -0.2) is 9.69 Å². The van der Waals surface area contributed by atoms with E-state index in [9.17, 15) is 14.4 Å². The highest BCUT2D eigenvalue weighted by atomic mass is 16.5. The Labute approximate surface area is 191 Å². The van der Waals surface area contributed by atoms with Gasteiger partial charge in [-0.3, -0.25) is 9.59 Å². The second kappa shape index (κ2) is 9.74. The molecular weight excluding hydrogens is 424 g/mol. The zero-order valence-electron chi connectivity index (χ0n) is 18.6. The second-order valence-corrected chi connectivity index (χ2v) is 7.82. The van der Waals surface area contributed by atoms with Crippen molar-refractivity contribution in [1.29, 1.82) is 0 Å². The normalized spacial score (nSPS) is 17.3. The maximum absolute atomic E-state index is 12.8. The first kappa shape index (κ1) is 22.3. The predicted molar refractivity (Wildman–Crippen MR) is 124 cm³/mol. The van der Waals surface area contributed by atoms with Crippen LogP contribution in [-0.2, 0) is 14.3 Å². The van der Waals surface area contributed by atoms with Crippen molar-refractivity contribution in [2.45, 2.75) is 6.92 Å². The number of ether oxygens (including phenoxy) is 2. The zero-order chi connectivity index (χ0) is 23.4. The topological polar surface area (TPSA) is 100 Å². The number of methoxy groups -OCH3 is 1. The summed E-state index contributed by atoms with van der Waals surface area (Å²) in [6, 6.07) is 12.3. The quantitative estimate of drug-likeness (QED) is 0.518. The highest BCUT2D eigenvalue weighted by Gasteiger charge is 2.35. The van der Waals surface area contributed by atoms with Crippen LogP contribution in [0.25, 0.3) is 6.08 Å². The van der Waals surface area contributed by atoms with Crippen molar-refractivity contribution in [1.82, 2.24) is 10.2 Å². The molecule has 2 N–H and O–H groups in total. The molecule has 0 bridgehead atoms. The largest absolute Gasteiger partial charge is 0.496 e. The average molecular weight is 450 g/mol. The minimum Gasteiger partial charge on any atom is -0.496 e. The molecule has 2 aliphatic rings. The molecule has 2 aromatic rings. The number of carbonyl (C=O) groups is 3. The molecule has 0 radical (unpaired) electrons. The fourth-order valence-electron chi connectivity index (χ4n) is 3.69. The van der Waals surface area contributed by atoms with Crippen LogP contribution in [0.2, 0.25) is 0 Å². The Morgan fingerprint density at radius 1 is 1.15 bits per heavy atom. The number of nitrogens with zero attached hydrogens (tertiary/aromatic N) is 2. The minimum absolute atomic E-state index is 0.0839. The van der Waals surface area contributed by atoms with Crippen LogP contribution in [0.4, 0.5) is 16.2 Å². The Balaban J connectivity index is 1.46. The fourth-order valence-corrected chi connectivity index (χ4v) is 3.69. The lowest BCUT2D eigenvalue weighted by molar-refractivity contribution is -0.127. The van der Waals surface area contributed by atoms with Crippen molar-refractivity contribution in [3.05, 3.63) is 59.3 Å². The molecular formula is C24H26N4O5. The van der Waals surface area contributed by atoms with Gasteiger partial charge in [0, 0.05) is 36.1 Å². The number of benzene rings is 2. The Bertz CT molecular complexity index is 1090.